The number of rotatable bonds is 4. The molecule has 1 aromatic heterocycles. The van der Waals surface area contributed by atoms with E-state index in [1.54, 1.807) is 23.5 Å². The molecule has 2 heterocycles. The number of anilines is 2. The molecule has 7 heteroatoms. The summed E-state index contributed by atoms with van der Waals surface area (Å²) in [5.41, 5.74) is 3.33. The van der Waals surface area contributed by atoms with Crippen LogP contribution in [0.3, 0.4) is 0 Å². The number of fused-ring (bicyclic) bond motifs is 1. The van der Waals surface area contributed by atoms with Gasteiger partial charge in [0.15, 0.2) is 9.84 Å². The van der Waals surface area contributed by atoms with Gasteiger partial charge in [-0.15, -0.1) is 11.3 Å². The monoisotopic (exact) mass is 412 g/mol. The Morgan fingerprint density at radius 2 is 1.93 bits per heavy atom. The van der Waals surface area contributed by atoms with Crippen LogP contribution in [0.1, 0.15) is 20.8 Å². The standard InChI is InChI=1S/C21H20N2O3S2/c1-28(25,26)17-6-4-5-15(13-17)21(24)22-18-7-2-3-8-19(18)23-11-9-20-16(14-23)10-12-27-20/h2-8,10,12-13H,9,11,14H2,1H3,(H,22,24). The number of amides is 1. The summed E-state index contributed by atoms with van der Waals surface area (Å²) >= 11 is 1.79. The van der Waals surface area contributed by atoms with Crippen LogP contribution in [0, 0.1) is 0 Å². The van der Waals surface area contributed by atoms with Gasteiger partial charge in [0.05, 0.1) is 16.3 Å². The van der Waals surface area contributed by atoms with Gasteiger partial charge in [-0.2, -0.15) is 0 Å². The Morgan fingerprint density at radius 1 is 1.11 bits per heavy atom. The molecule has 28 heavy (non-hydrogen) atoms. The lowest BCUT2D eigenvalue weighted by Gasteiger charge is -2.30. The number of carbonyl (C=O) groups excluding carboxylic acids is 1. The first-order valence-corrected chi connectivity index (χ1v) is 11.7. The lowest BCUT2D eigenvalue weighted by molar-refractivity contribution is 0.102. The zero-order chi connectivity index (χ0) is 19.7. The second-order valence-corrected chi connectivity index (χ2v) is 9.83. The highest BCUT2D eigenvalue weighted by atomic mass is 32.2. The first-order chi connectivity index (χ1) is 13.4. The third kappa shape index (κ3) is 3.81. The molecule has 2 aromatic carbocycles. The molecule has 0 fully saturated rings. The molecule has 0 saturated heterocycles. The quantitative estimate of drug-likeness (QED) is 0.704. The summed E-state index contributed by atoms with van der Waals surface area (Å²) in [4.78, 5) is 16.6. The maximum absolute atomic E-state index is 12.8. The lowest BCUT2D eigenvalue weighted by atomic mass is 10.1. The molecule has 4 rings (SSSR count). The summed E-state index contributed by atoms with van der Waals surface area (Å²) in [6.45, 7) is 1.71. The minimum Gasteiger partial charge on any atom is -0.365 e. The van der Waals surface area contributed by atoms with Gasteiger partial charge in [0, 0.05) is 29.8 Å². The van der Waals surface area contributed by atoms with Crippen molar-refractivity contribution in [1.29, 1.82) is 0 Å². The van der Waals surface area contributed by atoms with Crippen LogP contribution in [0.15, 0.2) is 64.9 Å². The topological polar surface area (TPSA) is 66.5 Å². The molecule has 5 nitrogen and oxygen atoms in total. The maximum Gasteiger partial charge on any atom is 0.255 e. The number of nitrogens with zero attached hydrogens (tertiary/aromatic N) is 1. The Labute approximate surface area is 168 Å². The largest absolute Gasteiger partial charge is 0.365 e. The molecule has 144 valence electrons. The molecule has 1 aliphatic heterocycles. The van der Waals surface area contributed by atoms with Gasteiger partial charge in [-0.05, 0) is 53.8 Å². The summed E-state index contributed by atoms with van der Waals surface area (Å²) in [5, 5.41) is 5.07. The van der Waals surface area contributed by atoms with Crippen molar-refractivity contribution in [2.75, 3.05) is 23.0 Å². The van der Waals surface area contributed by atoms with Crippen molar-refractivity contribution >= 4 is 38.5 Å². The maximum atomic E-state index is 12.8. The van der Waals surface area contributed by atoms with E-state index in [2.05, 4.69) is 21.7 Å². The molecule has 3 aromatic rings. The van der Waals surface area contributed by atoms with E-state index in [0.717, 1.165) is 37.1 Å². The van der Waals surface area contributed by atoms with Crippen molar-refractivity contribution in [2.24, 2.45) is 0 Å². The van der Waals surface area contributed by atoms with Crippen molar-refractivity contribution in [3.8, 4) is 0 Å². The normalized spacial score (nSPS) is 13.8. The van der Waals surface area contributed by atoms with Crippen LogP contribution in [0.5, 0.6) is 0 Å². The van der Waals surface area contributed by atoms with Crippen LogP contribution >= 0.6 is 11.3 Å². The minimum atomic E-state index is -3.37. The minimum absolute atomic E-state index is 0.134. The van der Waals surface area contributed by atoms with Crippen LogP contribution in [-0.2, 0) is 22.8 Å². The van der Waals surface area contributed by atoms with E-state index in [9.17, 15) is 13.2 Å². The third-order valence-corrected chi connectivity index (χ3v) is 6.96. The van der Waals surface area contributed by atoms with E-state index in [-0.39, 0.29) is 10.8 Å². The first-order valence-electron chi connectivity index (χ1n) is 8.92. The van der Waals surface area contributed by atoms with Crippen LogP contribution in [-0.4, -0.2) is 27.1 Å². The highest BCUT2D eigenvalue weighted by Gasteiger charge is 2.20. The molecule has 0 bridgehead atoms. The average Bonchev–Trinajstić information content (AvgIpc) is 3.15. The highest BCUT2D eigenvalue weighted by Crippen LogP contribution is 2.32. The predicted molar refractivity (Wildman–Crippen MR) is 113 cm³/mol. The number of thiophene rings is 1. The van der Waals surface area contributed by atoms with Crippen LogP contribution < -0.4 is 10.2 Å². The first kappa shape index (κ1) is 18.7. The Morgan fingerprint density at radius 3 is 2.75 bits per heavy atom. The second kappa shape index (κ2) is 7.41. The molecule has 0 aliphatic carbocycles. The molecule has 0 radical (unpaired) electrons. The fourth-order valence-electron chi connectivity index (χ4n) is 3.37. The van der Waals surface area contributed by atoms with Crippen LogP contribution in [0.4, 0.5) is 11.4 Å². The molecule has 1 aliphatic rings. The number of nitrogens with one attached hydrogen (secondary N) is 1. The SMILES string of the molecule is CS(=O)(=O)c1cccc(C(=O)Nc2ccccc2N2CCc3sccc3C2)c1. The number of sulfone groups is 1. The number of hydrogen-bond donors (Lipinski definition) is 1. The van der Waals surface area contributed by atoms with E-state index in [1.165, 1.54) is 22.6 Å². The molecule has 0 unspecified atom stereocenters. The van der Waals surface area contributed by atoms with Gasteiger partial charge < -0.3 is 10.2 Å². The molecular weight excluding hydrogens is 392 g/mol. The Hall–Kier alpha value is -2.64. The number of para-hydroxylation sites is 2. The fraction of sp³-hybridized carbons (Fsp3) is 0.190. The summed E-state index contributed by atoms with van der Waals surface area (Å²) in [6, 6.07) is 16.0. The van der Waals surface area contributed by atoms with Gasteiger partial charge in [-0.3, -0.25) is 4.79 Å². The average molecular weight is 413 g/mol. The highest BCUT2D eigenvalue weighted by molar-refractivity contribution is 7.90. The summed E-state index contributed by atoms with van der Waals surface area (Å²) in [6.07, 6.45) is 2.13. The number of benzene rings is 2. The van der Waals surface area contributed by atoms with Crippen LogP contribution in [0.2, 0.25) is 0 Å². The van der Waals surface area contributed by atoms with Crippen molar-refractivity contribution in [2.45, 2.75) is 17.9 Å². The van der Waals surface area contributed by atoms with E-state index >= 15 is 0 Å². The van der Waals surface area contributed by atoms with Gasteiger partial charge in [0.1, 0.15) is 0 Å². The number of hydrogen-bond acceptors (Lipinski definition) is 5. The number of carbonyl (C=O) groups is 1. The van der Waals surface area contributed by atoms with E-state index < -0.39 is 9.84 Å². The van der Waals surface area contributed by atoms with Gasteiger partial charge >= 0.3 is 0 Å². The Kier molecular flexibility index (Phi) is 4.95. The van der Waals surface area contributed by atoms with Gasteiger partial charge in [-0.25, -0.2) is 8.42 Å². The van der Waals surface area contributed by atoms with Crippen molar-refractivity contribution in [3.63, 3.8) is 0 Å². The van der Waals surface area contributed by atoms with E-state index in [4.69, 9.17) is 0 Å². The van der Waals surface area contributed by atoms with Gasteiger partial charge in [-0.1, -0.05) is 18.2 Å². The molecule has 1 N–H and O–H groups in total. The van der Waals surface area contributed by atoms with Crippen molar-refractivity contribution < 1.29 is 13.2 Å². The molecule has 1 amide bonds. The summed E-state index contributed by atoms with van der Waals surface area (Å²) in [5.74, 6) is -0.328. The van der Waals surface area contributed by atoms with E-state index in [0.29, 0.717) is 5.56 Å². The zero-order valence-corrected chi connectivity index (χ0v) is 17.0. The summed E-state index contributed by atoms with van der Waals surface area (Å²) < 4.78 is 23.5. The smallest absolute Gasteiger partial charge is 0.255 e. The summed E-state index contributed by atoms with van der Waals surface area (Å²) in [7, 11) is -3.37. The third-order valence-electron chi connectivity index (χ3n) is 4.82. The van der Waals surface area contributed by atoms with Crippen molar-refractivity contribution in [1.82, 2.24) is 0 Å². The molecular formula is C21H20N2O3S2. The Bertz CT molecular complexity index is 1140. The van der Waals surface area contributed by atoms with Gasteiger partial charge in [0.25, 0.3) is 5.91 Å². The molecule has 0 saturated carbocycles. The Balaban J connectivity index is 1.59. The van der Waals surface area contributed by atoms with E-state index in [1.807, 2.05) is 24.3 Å². The fourth-order valence-corrected chi connectivity index (χ4v) is 4.93. The van der Waals surface area contributed by atoms with Crippen LogP contribution in [0.25, 0.3) is 0 Å². The predicted octanol–water partition coefficient (Wildman–Crippen LogP) is 3.97. The molecule has 0 spiro atoms. The van der Waals surface area contributed by atoms with Crippen molar-refractivity contribution in [3.05, 3.63) is 76.0 Å². The lowest BCUT2D eigenvalue weighted by Crippen LogP contribution is -2.30. The second-order valence-electron chi connectivity index (χ2n) is 6.81. The molecule has 0 atom stereocenters. The van der Waals surface area contributed by atoms with Gasteiger partial charge in [0.2, 0.25) is 0 Å². The zero-order valence-electron chi connectivity index (χ0n) is 15.4.